The van der Waals surface area contributed by atoms with Gasteiger partial charge in [-0.1, -0.05) is 46.3 Å². The summed E-state index contributed by atoms with van der Waals surface area (Å²) >= 11 is 5.96. The summed E-state index contributed by atoms with van der Waals surface area (Å²) < 4.78 is 10.8. The van der Waals surface area contributed by atoms with Crippen LogP contribution in [0.15, 0.2) is 53.4 Å². The summed E-state index contributed by atoms with van der Waals surface area (Å²) in [6.07, 6.45) is 1.27. The van der Waals surface area contributed by atoms with Gasteiger partial charge in [-0.2, -0.15) is 0 Å². The zero-order valence-corrected chi connectivity index (χ0v) is 17.5. The van der Waals surface area contributed by atoms with Crippen LogP contribution in [0.5, 0.6) is 11.5 Å². The third kappa shape index (κ3) is 3.49. The van der Waals surface area contributed by atoms with Gasteiger partial charge in [-0.3, -0.25) is 4.90 Å². The van der Waals surface area contributed by atoms with Gasteiger partial charge in [0.05, 0.1) is 14.2 Å². The topological polar surface area (TPSA) is 21.7 Å². The van der Waals surface area contributed by atoms with Crippen LogP contribution in [0.3, 0.4) is 0 Å². The number of likely N-dealkylation sites (tertiary alicyclic amines) is 1. The third-order valence-corrected chi connectivity index (χ3v) is 8.04. The molecule has 2 aromatic rings. The van der Waals surface area contributed by atoms with E-state index in [2.05, 4.69) is 63.3 Å². The van der Waals surface area contributed by atoms with Gasteiger partial charge in [-0.05, 0) is 36.1 Å². The second kappa shape index (κ2) is 7.83. The van der Waals surface area contributed by atoms with Crippen molar-refractivity contribution in [2.75, 3.05) is 20.8 Å². The lowest BCUT2D eigenvalue weighted by atomic mass is 10.1. The standard InChI is InChI=1S/C21H24BrNO2S/c1-24-17-9-8-16(11-18(17)25-2)26-19-10-15-13-23(21(19)20(15)22)12-14-6-4-3-5-7-14/h3-9,11,15,19-21H,10,12-13H2,1-2H3/t15-,19+,20+,21-/m1/s1. The number of ether oxygens (including phenoxy) is 2. The van der Waals surface area contributed by atoms with Gasteiger partial charge >= 0.3 is 0 Å². The molecule has 4 atom stereocenters. The number of methoxy groups -OCH3 is 2. The Hall–Kier alpha value is -1.17. The number of halogens is 1. The average Bonchev–Trinajstić information content (AvgIpc) is 3.13. The maximum atomic E-state index is 5.47. The van der Waals surface area contributed by atoms with Crippen LogP contribution in [0.1, 0.15) is 12.0 Å². The van der Waals surface area contributed by atoms with Crippen molar-refractivity contribution in [1.29, 1.82) is 0 Å². The van der Waals surface area contributed by atoms with E-state index < -0.39 is 0 Å². The van der Waals surface area contributed by atoms with E-state index in [9.17, 15) is 0 Å². The maximum Gasteiger partial charge on any atom is 0.161 e. The van der Waals surface area contributed by atoms with Gasteiger partial charge in [0.25, 0.3) is 0 Å². The van der Waals surface area contributed by atoms with Gasteiger partial charge < -0.3 is 9.47 Å². The molecule has 138 valence electrons. The highest BCUT2D eigenvalue weighted by Crippen LogP contribution is 2.49. The van der Waals surface area contributed by atoms with Crippen molar-refractivity contribution < 1.29 is 9.47 Å². The van der Waals surface area contributed by atoms with Crippen molar-refractivity contribution in [3.05, 3.63) is 54.1 Å². The fourth-order valence-electron chi connectivity index (χ4n) is 4.26. The van der Waals surface area contributed by atoms with Crippen molar-refractivity contribution in [2.24, 2.45) is 5.92 Å². The number of benzene rings is 2. The fourth-order valence-corrected chi connectivity index (χ4v) is 7.04. The van der Waals surface area contributed by atoms with Gasteiger partial charge in [0.1, 0.15) is 0 Å². The largest absolute Gasteiger partial charge is 0.493 e. The summed E-state index contributed by atoms with van der Waals surface area (Å²) in [5.41, 5.74) is 1.40. The highest BCUT2D eigenvalue weighted by molar-refractivity contribution is 9.09. The van der Waals surface area contributed by atoms with E-state index in [4.69, 9.17) is 9.47 Å². The SMILES string of the molecule is COc1ccc(S[C@H]2C[C@@H]3CN(Cc4ccccc4)[C@H]2[C@H]3Br)cc1OC. The molecule has 1 aliphatic carbocycles. The zero-order valence-electron chi connectivity index (χ0n) is 15.1. The van der Waals surface area contributed by atoms with E-state index in [-0.39, 0.29) is 0 Å². The molecule has 0 spiro atoms. The van der Waals surface area contributed by atoms with E-state index in [1.54, 1.807) is 14.2 Å². The molecule has 1 saturated carbocycles. The van der Waals surface area contributed by atoms with Crippen molar-refractivity contribution in [3.63, 3.8) is 0 Å². The van der Waals surface area contributed by atoms with E-state index in [0.717, 1.165) is 24.0 Å². The Kier molecular flexibility index (Phi) is 5.48. The summed E-state index contributed by atoms with van der Waals surface area (Å²) in [5, 5.41) is 0.597. The number of piperidine rings is 1. The van der Waals surface area contributed by atoms with Crippen molar-refractivity contribution in [1.82, 2.24) is 4.90 Å². The summed E-state index contributed by atoms with van der Waals surface area (Å²) in [7, 11) is 3.37. The van der Waals surface area contributed by atoms with E-state index in [0.29, 0.717) is 16.1 Å². The molecule has 0 radical (unpaired) electrons. The first-order valence-corrected chi connectivity index (χ1v) is 10.8. The number of alkyl halides is 1. The Morgan fingerprint density at radius 1 is 1.08 bits per heavy atom. The molecule has 1 saturated heterocycles. The summed E-state index contributed by atoms with van der Waals surface area (Å²) in [6.45, 7) is 2.23. The van der Waals surface area contributed by atoms with Crippen molar-refractivity contribution in [2.45, 2.75) is 34.0 Å². The zero-order chi connectivity index (χ0) is 18.1. The van der Waals surface area contributed by atoms with Gasteiger partial charge in [-0.25, -0.2) is 0 Å². The van der Waals surface area contributed by atoms with Gasteiger partial charge in [0, 0.05) is 34.1 Å². The highest BCUT2D eigenvalue weighted by Gasteiger charge is 2.51. The molecule has 2 aliphatic rings. The highest BCUT2D eigenvalue weighted by atomic mass is 79.9. The minimum Gasteiger partial charge on any atom is -0.493 e. The number of fused-ring (bicyclic) bond motifs is 2. The molecular formula is C21H24BrNO2S. The summed E-state index contributed by atoms with van der Waals surface area (Å²) in [6, 6.07) is 17.6. The minimum absolute atomic E-state index is 0.568. The average molecular weight is 434 g/mol. The number of hydrogen-bond acceptors (Lipinski definition) is 4. The van der Waals surface area contributed by atoms with Crippen LogP contribution in [0.25, 0.3) is 0 Å². The number of nitrogens with zero attached hydrogens (tertiary/aromatic N) is 1. The Balaban J connectivity index is 1.49. The lowest BCUT2D eigenvalue weighted by Gasteiger charge is -2.33. The van der Waals surface area contributed by atoms with Gasteiger partial charge in [0.15, 0.2) is 11.5 Å². The van der Waals surface area contributed by atoms with Crippen LogP contribution >= 0.6 is 27.7 Å². The van der Waals surface area contributed by atoms with Crippen LogP contribution in [-0.4, -0.2) is 41.8 Å². The minimum atomic E-state index is 0.568. The van der Waals surface area contributed by atoms with E-state index in [1.165, 1.54) is 23.4 Å². The molecule has 0 aromatic heterocycles. The van der Waals surface area contributed by atoms with Gasteiger partial charge in [0.2, 0.25) is 0 Å². The molecule has 0 unspecified atom stereocenters. The first kappa shape index (κ1) is 18.2. The van der Waals surface area contributed by atoms with Crippen molar-refractivity contribution >= 4 is 27.7 Å². The number of rotatable bonds is 6. The van der Waals surface area contributed by atoms with Crippen LogP contribution in [0.4, 0.5) is 0 Å². The smallest absolute Gasteiger partial charge is 0.161 e. The van der Waals surface area contributed by atoms with Crippen LogP contribution < -0.4 is 9.47 Å². The third-order valence-electron chi connectivity index (χ3n) is 5.45. The molecular weight excluding hydrogens is 410 g/mol. The van der Waals surface area contributed by atoms with E-state index >= 15 is 0 Å². The summed E-state index contributed by atoms with van der Waals surface area (Å²) in [4.78, 5) is 4.49. The molecule has 2 aromatic carbocycles. The first-order valence-electron chi connectivity index (χ1n) is 9.00. The molecule has 2 bridgehead atoms. The van der Waals surface area contributed by atoms with E-state index in [1.807, 2.05) is 17.8 Å². The maximum absolute atomic E-state index is 5.47. The Morgan fingerprint density at radius 3 is 2.54 bits per heavy atom. The predicted molar refractivity (Wildman–Crippen MR) is 111 cm³/mol. The summed E-state index contributed by atoms with van der Waals surface area (Å²) in [5.74, 6) is 2.33. The predicted octanol–water partition coefficient (Wildman–Crippen LogP) is 4.83. The Labute approximate surface area is 168 Å². The number of thioether (sulfide) groups is 1. The molecule has 1 aliphatic heterocycles. The molecule has 1 heterocycles. The Morgan fingerprint density at radius 2 is 1.85 bits per heavy atom. The number of hydrogen-bond donors (Lipinski definition) is 0. The molecule has 0 N–H and O–H groups in total. The lowest BCUT2D eigenvalue weighted by Crippen LogP contribution is -2.40. The van der Waals surface area contributed by atoms with Crippen LogP contribution in [0.2, 0.25) is 0 Å². The molecule has 26 heavy (non-hydrogen) atoms. The van der Waals surface area contributed by atoms with Crippen LogP contribution in [0, 0.1) is 5.92 Å². The Bertz CT molecular complexity index is 757. The quantitative estimate of drug-likeness (QED) is 0.607. The first-order chi connectivity index (χ1) is 12.7. The normalized spacial score (nSPS) is 27.7. The van der Waals surface area contributed by atoms with Crippen LogP contribution in [-0.2, 0) is 6.54 Å². The monoisotopic (exact) mass is 433 g/mol. The second-order valence-corrected chi connectivity index (χ2v) is 9.39. The molecule has 4 rings (SSSR count). The van der Waals surface area contributed by atoms with Gasteiger partial charge in [-0.15, -0.1) is 11.8 Å². The second-order valence-electron chi connectivity index (χ2n) is 7.02. The molecule has 5 heteroatoms. The molecule has 2 fully saturated rings. The molecule has 3 nitrogen and oxygen atoms in total. The molecule has 0 amide bonds. The van der Waals surface area contributed by atoms with Crippen molar-refractivity contribution in [3.8, 4) is 11.5 Å². The fraction of sp³-hybridized carbons (Fsp3) is 0.429. The lowest BCUT2D eigenvalue weighted by molar-refractivity contribution is 0.211.